The summed E-state index contributed by atoms with van der Waals surface area (Å²) in [7, 11) is 0. The van der Waals surface area contributed by atoms with Crippen LogP contribution in [-0.4, -0.2) is 47.8 Å². The van der Waals surface area contributed by atoms with Gasteiger partial charge in [-0.2, -0.15) is 0 Å². The molecule has 0 aromatic heterocycles. The van der Waals surface area contributed by atoms with E-state index in [1.165, 1.54) is 12.8 Å². The molecule has 2 aliphatic rings. The van der Waals surface area contributed by atoms with Crippen molar-refractivity contribution in [3.8, 4) is 0 Å². The SMILES string of the molecule is CC1CCN(CC(=O)NCc2ccccc2CN2CCCC2=O)CC1. The first-order valence-electron chi connectivity index (χ1n) is 9.45. The molecule has 2 heterocycles. The van der Waals surface area contributed by atoms with Gasteiger partial charge in [0, 0.05) is 26.1 Å². The Bertz CT molecular complexity index is 609. The number of amides is 2. The molecule has 25 heavy (non-hydrogen) atoms. The van der Waals surface area contributed by atoms with E-state index >= 15 is 0 Å². The number of likely N-dealkylation sites (tertiary alicyclic amines) is 2. The molecule has 0 radical (unpaired) electrons. The summed E-state index contributed by atoms with van der Waals surface area (Å²) in [6.45, 7) is 6.81. The lowest BCUT2D eigenvalue weighted by Gasteiger charge is -2.29. The van der Waals surface area contributed by atoms with E-state index in [1.54, 1.807) is 0 Å². The molecule has 0 unspecified atom stereocenters. The number of hydrogen-bond donors (Lipinski definition) is 1. The van der Waals surface area contributed by atoms with Gasteiger partial charge in [0.25, 0.3) is 0 Å². The van der Waals surface area contributed by atoms with Crippen molar-refractivity contribution < 1.29 is 9.59 Å². The highest BCUT2D eigenvalue weighted by molar-refractivity contribution is 5.78. The monoisotopic (exact) mass is 343 g/mol. The minimum absolute atomic E-state index is 0.0848. The zero-order valence-corrected chi connectivity index (χ0v) is 15.2. The fourth-order valence-electron chi connectivity index (χ4n) is 3.63. The van der Waals surface area contributed by atoms with Crippen molar-refractivity contribution in [2.75, 3.05) is 26.2 Å². The Morgan fingerprint density at radius 2 is 1.88 bits per heavy atom. The van der Waals surface area contributed by atoms with Crippen LogP contribution in [0.4, 0.5) is 0 Å². The number of rotatable bonds is 6. The summed E-state index contributed by atoms with van der Waals surface area (Å²) < 4.78 is 0. The quantitative estimate of drug-likeness (QED) is 0.861. The summed E-state index contributed by atoms with van der Waals surface area (Å²) in [5.74, 6) is 1.10. The van der Waals surface area contributed by atoms with Crippen molar-refractivity contribution in [1.82, 2.24) is 15.1 Å². The molecule has 0 atom stereocenters. The van der Waals surface area contributed by atoms with Gasteiger partial charge in [-0.25, -0.2) is 0 Å². The molecule has 2 fully saturated rings. The van der Waals surface area contributed by atoms with Gasteiger partial charge in [-0.05, 0) is 49.4 Å². The number of nitrogens with zero attached hydrogens (tertiary/aromatic N) is 2. The zero-order valence-electron chi connectivity index (χ0n) is 15.2. The van der Waals surface area contributed by atoms with E-state index in [4.69, 9.17) is 0 Å². The molecule has 0 bridgehead atoms. The van der Waals surface area contributed by atoms with Gasteiger partial charge >= 0.3 is 0 Å². The molecule has 5 nitrogen and oxygen atoms in total. The van der Waals surface area contributed by atoms with E-state index in [9.17, 15) is 9.59 Å². The molecule has 0 spiro atoms. The van der Waals surface area contributed by atoms with Crippen molar-refractivity contribution in [1.29, 1.82) is 0 Å². The first-order chi connectivity index (χ1) is 12.1. The van der Waals surface area contributed by atoms with Gasteiger partial charge in [0.15, 0.2) is 0 Å². The van der Waals surface area contributed by atoms with Crippen LogP contribution in [0, 0.1) is 5.92 Å². The number of hydrogen-bond acceptors (Lipinski definition) is 3. The highest BCUT2D eigenvalue weighted by Crippen LogP contribution is 2.18. The van der Waals surface area contributed by atoms with Crippen LogP contribution in [0.1, 0.15) is 43.7 Å². The van der Waals surface area contributed by atoms with Crippen LogP contribution in [-0.2, 0) is 22.7 Å². The smallest absolute Gasteiger partial charge is 0.234 e. The highest BCUT2D eigenvalue weighted by Gasteiger charge is 2.21. The van der Waals surface area contributed by atoms with Crippen LogP contribution >= 0.6 is 0 Å². The Labute approximate surface area is 150 Å². The highest BCUT2D eigenvalue weighted by atomic mass is 16.2. The van der Waals surface area contributed by atoms with Gasteiger partial charge < -0.3 is 10.2 Å². The standard InChI is InChI=1S/C20H29N3O2/c1-16-8-11-22(12-9-16)15-19(24)21-13-17-5-2-3-6-18(17)14-23-10-4-7-20(23)25/h2-3,5-6,16H,4,7-15H2,1H3,(H,21,24). The largest absolute Gasteiger partial charge is 0.351 e. The van der Waals surface area contributed by atoms with E-state index in [2.05, 4.69) is 23.2 Å². The topological polar surface area (TPSA) is 52.7 Å². The molecular weight excluding hydrogens is 314 g/mol. The van der Waals surface area contributed by atoms with Crippen LogP contribution in [0.5, 0.6) is 0 Å². The first kappa shape index (κ1) is 17.9. The summed E-state index contributed by atoms with van der Waals surface area (Å²) in [6, 6.07) is 8.08. The van der Waals surface area contributed by atoms with Crippen molar-refractivity contribution in [3.63, 3.8) is 0 Å². The number of nitrogens with one attached hydrogen (secondary N) is 1. The molecule has 136 valence electrons. The van der Waals surface area contributed by atoms with E-state index < -0.39 is 0 Å². The molecular formula is C20H29N3O2. The van der Waals surface area contributed by atoms with Crippen LogP contribution in [0.25, 0.3) is 0 Å². The van der Waals surface area contributed by atoms with Crippen LogP contribution in [0.3, 0.4) is 0 Å². The van der Waals surface area contributed by atoms with Crippen LogP contribution in [0.2, 0.25) is 0 Å². The molecule has 0 saturated carbocycles. The second kappa shape index (κ2) is 8.48. The molecule has 2 amide bonds. The summed E-state index contributed by atoms with van der Waals surface area (Å²) in [4.78, 5) is 28.3. The summed E-state index contributed by atoms with van der Waals surface area (Å²) in [5.41, 5.74) is 2.23. The number of carbonyl (C=O) groups excluding carboxylic acids is 2. The zero-order chi connectivity index (χ0) is 17.6. The normalized spacial score (nSPS) is 19.4. The molecule has 5 heteroatoms. The summed E-state index contributed by atoms with van der Waals surface area (Å²) in [6.07, 6.45) is 3.97. The van der Waals surface area contributed by atoms with Crippen molar-refractivity contribution >= 4 is 11.8 Å². The van der Waals surface area contributed by atoms with Gasteiger partial charge in [0.1, 0.15) is 0 Å². The maximum atomic E-state index is 12.3. The Morgan fingerprint density at radius 1 is 1.16 bits per heavy atom. The molecule has 1 aromatic rings. The van der Waals surface area contributed by atoms with E-state index in [-0.39, 0.29) is 11.8 Å². The Morgan fingerprint density at radius 3 is 2.56 bits per heavy atom. The molecule has 2 aliphatic heterocycles. The molecule has 1 aromatic carbocycles. The minimum Gasteiger partial charge on any atom is -0.351 e. The number of carbonyl (C=O) groups is 2. The minimum atomic E-state index is 0.0848. The second-order valence-electron chi connectivity index (χ2n) is 7.42. The third kappa shape index (κ3) is 5.05. The van der Waals surface area contributed by atoms with E-state index in [1.807, 2.05) is 23.1 Å². The van der Waals surface area contributed by atoms with Crippen molar-refractivity contribution in [2.24, 2.45) is 5.92 Å². The summed E-state index contributed by atoms with van der Waals surface area (Å²) >= 11 is 0. The second-order valence-corrected chi connectivity index (χ2v) is 7.42. The first-order valence-corrected chi connectivity index (χ1v) is 9.45. The van der Waals surface area contributed by atoms with Gasteiger partial charge in [-0.15, -0.1) is 0 Å². The number of benzene rings is 1. The Hall–Kier alpha value is -1.88. The molecule has 3 rings (SSSR count). The predicted octanol–water partition coefficient (Wildman–Crippen LogP) is 2.16. The lowest BCUT2D eigenvalue weighted by molar-refractivity contribution is -0.128. The third-order valence-electron chi connectivity index (χ3n) is 5.37. The third-order valence-corrected chi connectivity index (χ3v) is 5.37. The van der Waals surface area contributed by atoms with Crippen molar-refractivity contribution in [2.45, 2.75) is 45.7 Å². The Kier molecular flexibility index (Phi) is 6.08. The summed E-state index contributed by atoms with van der Waals surface area (Å²) in [5, 5.41) is 3.05. The lowest BCUT2D eigenvalue weighted by Crippen LogP contribution is -2.41. The van der Waals surface area contributed by atoms with Crippen LogP contribution in [0.15, 0.2) is 24.3 Å². The fourth-order valence-corrected chi connectivity index (χ4v) is 3.63. The lowest BCUT2D eigenvalue weighted by atomic mass is 9.99. The molecule has 1 N–H and O–H groups in total. The van der Waals surface area contributed by atoms with Crippen molar-refractivity contribution in [3.05, 3.63) is 35.4 Å². The maximum absolute atomic E-state index is 12.3. The maximum Gasteiger partial charge on any atom is 0.234 e. The van der Waals surface area contributed by atoms with Gasteiger partial charge in [0.2, 0.25) is 11.8 Å². The molecule has 2 saturated heterocycles. The Balaban J connectivity index is 1.50. The average Bonchev–Trinajstić information content (AvgIpc) is 3.01. The van der Waals surface area contributed by atoms with E-state index in [0.717, 1.165) is 43.1 Å². The van der Waals surface area contributed by atoms with Gasteiger partial charge in [-0.1, -0.05) is 31.2 Å². The fraction of sp³-hybridized carbons (Fsp3) is 0.600. The molecule has 0 aliphatic carbocycles. The predicted molar refractivity (Wildman–Crippen MR) is 97.8 cm³/mol. The van der Waals surface area contributed by atoms with Gasteiger partial charge in [0.05, 0.1) is 6.54 Å². The van der Waals surface area contributed by atoms with Gasteiger partial charge in [-0.3, -0.25) is 14.5 Å². The average molecular weight is 343 g/mol. The number of piperidine rings is 1. The van der Waals surface area contributed by atoms with E-state index in [0.29, 0.717) is 26.1 Å². The van der Waals surface area contributed by atoms with Crippen LogP contribution < -0.4 is 5.32 Å².